The molecule has 1 saturated carbocycles. The first-order chi connectivity index (χ1) is 14.7. The molecule has 4 nitrogen and oxygen atoms in total. The van der Waals surface area contributed by atoms with Crippen molar-refractivity contribution in [3.8, 4) is 5.75 Å². The Labute approximate surface area is 186 Å². The molecule has 1 aliphatic rings. The zero-order valence-electron chi connectivity index (χ0n) is 19.5. The Morgan fingerprint density at radius 3 is 2.35 bits per heavy atom. The molecule has 0 amide bonds. The maximum absolute atomic E-state index is 14.7. The van der Waals surface area contributed by atoms with E-state index in [-0.39, 0.29) is 24.9 Å². The van der Waals surface area contributed by atoms with Crippen LogP contribution in [0.2, 0.25) is 19.6 Å². The molecule has 0 unspecified atom stereocenters. The molecule has 176 valence electrons. The second-order valence-electron chi connectivity index (χ2n) is 9.51. The summed E-state index contributed by atoms with van der Waals surface area (Å²) in [5, 5.41) is 0. The molecule has 0 heterocycles. The second-order valence-corrected chi connectivity index (χ2v) is 13.9. The predicted octanol–water partition coefficient (Wildman–Crippen LogP) is 7.58. The quantitative estimate of drug-likeness (QED) is 0.196. The van der Waals surface area contributed by atoms with E-state index in [9.17, 15) is 13.6 Å². The highest BCUT2D eigenvalue weighted by Gasteiger charge is 2.26. The first-order valence-electron chi connectivity index (χ1n) is 11.7. The van der Waals surface area contributed by atoms with Crippen molar-refractivity contribution in [2.45, 2.75) is 90.3 Å². The Kier molecular flexibility index (Phi) is 10.3. The number of unbranched alkanes of at least 4 members (excludes halogenated alkanes) is 2. The van der Waals surface area contributed by atoms with Crippen molar-refractivity contribution in [2.24, 2.45) is 5.92 Å². The molecular weight excluding hydrogens is 418 g/mol. The summed E-state index contributed by atoms with van der Waals surface area (Å²) in [5.74, 6) is -1.01. The molecule has 31 heavy (non-hydrogen) atoms. The third kappa shape index (κ3) is 8.79. The summed E-state index contributed by atoms with van der Waals surface area (Å²) in [7, 11) is -1.98. The van der Waals surface area contributed by atoms with Crippen LogP contribution in [0.4, 0.5) is 13.6 Å². The third-order valence-corrected chi connectivity index (χ3v) is 6.51. The molecule has 0 spiro atoms. The summed E-state index contributed by atoms with van der Waals surface area (Å²) < 4.78 is 44.7. The van der Waals surface area contributed by atoms with Crippen molar-refractivity contribution in [1.29, 1.82) is 0 Å². The molecule has 0 radical (unpaired) electrons. The predicted molar refractivity (Wildman–Crippen MR) is 121 cm³/mol. The van der Waals surface area contributed by atoms with Gasteiger partial charge in [0.15, 0.2) is 11.6 Å². The SMILES string of the molecule is CCCCC[C@H]1CC[C@H](c2ccc(OCCCOC(=O)O[Si](C)(C)C)c(F)c2F)CC1. The van der Waals surface area contributed by atoms with Gasteiger partial charge in [-0.05, 0) is 68.8 Å². The van der Waals surface area contributed by atoms with E-state index in [4.69, 9.17) is 13.9 Å². The standard InChI is InChI=1S/C24H38F2O4Si/c1-5-6-7-9-18-10-12-19(13-11-18)20-14-15-21(23(26)22(20)25)28-16-8-17-29-24(27)30-31(2,3)4/h14-15,18-19H,5-13,16-17H2,1-4H3/t18-,19-. The molecule has 0 aliphatic heterocycles. The van der Waals surface area contributed by atoms with E-state index in [0.29, 0.717) is 12.0 Å². The van der Waals surface area contributed by atoms with Crippen molar-refractivity contribution in [2.75, 3.05) is 13.2 Å². The van der Waals surface area contributed by atoms with Gasteiger partial charge in [0.25, 0.3) is 8.32 Å². The van der Waals surface area contributed by atoms with Crippen molar-refractivity contribution in [1.82, 2.24) is 0 Å². The number of rotatable bonds is 11. The van der Waals surface area contributed by atoms with Crippen LogP contribution in [-0.2, 0) is 9.16 Å². The van der Waals surface area contributed by atoms with Crippen LogP contribution < -0.4 is 4.74 Å². The van der Waals surface area contributed by atoms with Crippen LogP contribution in [0.1, 0.15) is 76.2 Å². The lowest BCUT2D eigenvalue weighted by Crippen LogP contribution is -2.29. The molecule has 0 N–H and O–H groups in total. The van der Waals surface area contributed by atoms with E-state index in [1.54, 1.807) is 6.07 Å². The first-order valence-corrected chi connectivity index (χ1v) is 15.1. The van der Waals surface area contributed by atoms with Crippen molar-refractivity contribution >= 4 is 14.5 Å². The molecule has 0 atom stereocenters. The molecule has 1 fully saturated rings. The topological polar surface area (TPSA) is 44.8 Å². The van der Waals surface area contributed by atoms with E-state index >= 15 is 0 Å². The van der Waals surface area contributed by atoms with Gasteiger partial charge in [-0.3, -0.25) is 0 Å². The average molecular weight is 457 g/mol. The van der Waals surface area contributed by atoms with Crippen molar-refractivity contribution in [3.63, 3.8) is 0 Å². The van der Waals surface area contributed by atoms with Crippen LogP contribution in [0.25, 0.3) is 0 Å². The van der Waals surface area contributed by atoms with Crippen LogP contribution in [0.15, 0.2) is 12.1 Å². The second kappa shape index (κ2) is 12.4. The minimum absolute atomic E-state index is 0.0803. The van der Waals surface area contributed by atoms with E-state index in [1.165, 1.54) is 31.7 Å². The summed E-state index contributed by atoms with van der Waals surface area (Å²) in [6, 6.07) is 3.18. The van der Waals surface area contributed by atoms with Crippen LogP contribution >= 0.6 is 0 Å². The van der Waals surface area contributed by atoms with Gasteiger partial charge in [-0.25, -0.2) is 9.18 Å². The van der Waals surface area contributed by atoms with E-state index in [1.807, 2.05) is 19.6 Å². The lowest BCUT2D eigenvalue weighted by Gasteiger charge is -2.29. The summed E-state index contributed by atoms with van der Waals surface area (Å²) in [5.41, 5.74) is 0.467. The fourth-order valence-electron chi connectivity index (χ4n) is 4.09. The number of carbonyl (C=O) groups excluding carboxylic acids is 1. The maximum atomic E-state index is 14.7. The fourth-order valence-corrected chi connectivity index (χ4v) is 4.65. The highest BCUT2D eigenvalue weighted by molar-refractivity contribution is 6.71. The Bertz CT molecular complexity index is 698. The lowest BCUT2D eigenvalue weighted by atomic mass is 9.77. The number of carbonyl (C=O) groups is 1. The van der Waals surface area contributed by atoms with Crippen molar-refractivity contribution in [3.05, 3.63) is 29.3 Å². The average Bonchev–Trinajstić information content (AvgIpc) is 2.70. The van der Waals surface area contributed by atoms with Gasteiger partial charge in [0.05, 0.1) is 13.2 Å². The number of benzene rings is 1. The molecule has 1 aromatic rings. The van der Waals surface area contributed by atoms with Crippen LogP contribution in [0.3, 0.4) is 0 Å². The summed E-state index contributed by atoms with van der Waals surface area (Å²) in [4.78, 5) is 11.5. The highest BCUT2D eigenvalue weighted by atomic mass is 28.4. The minimum Gasteiger partial charge on any atom is -0.490 e. The minimum atomic E-state index is -1.98. The Hall–Kier alpha value is -1.63. The van der Waals surface area contributed by atoms with Crippen LogP contribution in [0, 0.1) is 17.6 Å². The Morgan fingerprint density at radius 2 is 1.71 bits per heavy atom. The molecule has 0 saturated heterocycles. The van der Waals surface area contributed by atoms with Gasteiger partial charge in [0.1, 0.15) is 0 Å². The zero-order chi connectivity index (χ0) is 22.9. The van der Waals surface area contributed by atoms with Crippen molar-refractivity contribution < 1.29 is 27.5 Å². The molecule has 0 bridgehead atoms. The summed E-state index contributed by atoms with van der Waals surface area (Å²) in [6.07, 6.45) is 8.71. The van der Waals surface area contributed by atoms with Gasteiger partial charge in [-0.15, -0.1) is 0 Å². The zero-order valence-corrected chi connectivity index (χ0v) is 20.5. The maximum Gasteiger partial charge on any atom is 0.494 e. The summed E-state index contributed by atoms with van der Waals surface area (Å²) in [6.45, 7) is 8.10. The van der Waals surface area contributed by atoms with Crippen LogP contribution in [0.5, 0.6) is 5.75 Å². The fraction of sp³-hybridized carbons (Fsp3) is 0.708. The van der Waals surface area contributed by atoms with E-state index in [0.717, 1.165) is 31.6 Å². The largest absolute Gasteiger partial charge is 0.494 e. The smallest absolute Gasteiger partial charge is 0.490 e. The van der Waals surface area contributed by atoms with Gasteiger partial charge in [0.2, 0.25) is 5.82 Å². The third-order valence-electron chi connectivity index (χ3n) is 5.73. The number of hydrogen-bond donors (Lipinski definition) is 0. The van der Waals surface area contributed by atoms with Crippen LogP contribution in [-0.4, -0.2) is 27.7 Å². The van der Waals surface area contributed by atoms with Gasteiger partial charge in [-0.2, -0.15) is 4.39 Å². The van der Waals surface area contributed by atoms with Gasteiger partial charge >= 0.3 is 6.16 Å². The molecular formula is C24H38F2O4Si. The number of ether oxygens (including phenoxy) is 2. The first kappa shape index (κ1) is 25.6. The highest BCUT2D eigenvalue weighted by Crippen LogP contribution is 2.40. The van der Waals surface area contributed by atoms with E-state index < -0.39 is 26.1 Å². The van der Waals surface area contributed by atoms with Gasteiger partial charge in [0, 0.05) is 6.42 Å². The lowest BCUT2D eigenvalue weighted by molar-refractivity contribution is 0.0915. The van der Waals surface area contributed by atoms with Gasteiger partial charge in [-0.1, -0.05) is 38.7 Å². The Balaban J connectivity index is 1.77. The van der Waals surface area contributed by atoms with Gasteiger partial charge < -0.3 is 13.9 Å². The monoisotopic (exact) mass is 456 g/mol. The number of hydrogen-bond acceptors (Lipinski definition) is 4. The molecule has 1 aromatic carbocycles. The molecule has 0 aromatic heterocycles. The number of halogens is 2. The Morgan fingerprint density at radius 1 is 1.00 bits per heavy atom. The summed E-state index contributed by atoms with van der Waals surface area (Å²) >= 11 is 0. The normalized spacial score (nSPS) is 19.2. The molecule has 1 aliphatic carbocycles. The molecule has 7 heteroatoms. The van der Waals surface area contributed by atoms with E-state index in [2.05, 4.69) is 6.92 Å². The molecule has 2 rings (SSSR count).